The Hall–Kier alpha value is -1.00. The van der Waals surface area contributed by atoms with Crippen molar-refractivity contribution in [2.75, 3.05) is 0 Å². The zero-order chi connectivity index (χ0) is 8.27. The number of alkyl halides is 1. The van der Waals surface area contributed by atoms with E-state index in [0.717, 1.165) is 5.56 Å². The van der Waals surface area contributed by atoms with E-state index >= 15 is 0 Å². The zero-order valence-corrected chi connectivity index (χ0v) is 6.97. The summed E-state index contributed by atoms with van der Waals surface area (Å²) in [6.07, 6.45) is 0. The lowest BCUT2D eigenvalue weighted by atomic mass is 10.1. The Morgan fingerprint density at radius 1 is 1.36 bits per heavy atom. The third-order valence-electron chi connectivity index (χ3n) is 1.48. The van der Waals surface area contributed by atoms with Crippen molar-refractivity contribution in [2.45, 2.75) is 12.3 Å². The van der Waals surface area contributed by atoms with Crippen LogP contribution in [-0.4, -0.2) is 0 Å². The zero-order valence-electron chi connectivity index (χ0n) is 6.21. The van der Waals surface area contributed by atoms with Crippen LogP contribution >= 0.6 is 11.6 Å². The predicted octanol–water partition coefficient (Wildman–Crippen LogP) is 2.80. The van der Waals surface area contributed by atoms with E-state index in [9.17, 15) is 0 Å². The highest BCUT2D eigenvalue weighted by atomic mass is 35.5. The maximum absolute atomic E-state index is 8.48. The molecule has 1 aromatic rings. The summed E-state index contributed by atoms with van der Waals surface area (Å²) in [5, 5.41) is 7.96. The van der Waals surface area contributed by atoms with Crippen LogP contribution in [0.25, 0.3) is 0 Å². The van der Waals surface area contributed by atoms with Crippen molar-refractivity contribution in [3.8, 4) is 6.07 Å². The minimum absolute atomic E-state index is 0.518. The molecule has 0 aliphatic heterocycles. The Kier molecular flexibility index (Phi) is 2.51. The molecule has 11 heavy (non-hydrogen) atoms. The maximum atomic E-state index is 8.48. The van der Waals surface area contributed by atoms with Crippen LogP contribution in [0.4, 0.5) is 0 Å². The van der Waals surface area contributed by atoms with Gasteiger partial charge in [-0.2, -0.15) is 5.26 Å². The lowest BCUT2D eigenvalue weighted by molar-refractivity contribution is 1.20. The average molecular weight is 166 g/mol. The van der Waals surface area contributed by atoms with Crippen LogP contribution in [0.3, 0.4) is 0 Å². The highest BCUT2D eigenvalue weighted by Crippen LogP contribution is 2.18. The first kappa shape index (κ1) is 8.10. The van der Waals surface area contributed by atoms with Gasteiger partial charge in [-0.05, 0) is 12.5 Å². The number of benzene rings is 1. The quantitative estimate of drug-likeness (QED) is 0.587. The third-order valence-corrected chi connectivity index (χ3v) is 1.83. The normalized spacial score (nSPS) is 12.1. The van der Waals surface area contributed by atoms with Crippen molar-refractivity contribution >= 4 is 11.6 Å². The number of rotatable bonds is 1. The molecular weight excluding hydrogens is 158 g/mol. The summed E-state index contributed by atoms with van der Waals surface area (Å²) in [7, 11) is 0. The van der Waals surface area contributed by atoms with Crippen molar-refractivity contribution in [3.05, 3.63) is 35.4 Å². The van der Waals surface area contributed by atoms with Crippen molar-refractivity contribution in [1.29, 1.82) is 5.26 Å². The second-order valence-electron chi connectivity index (χ2n) is 2.40. The second kappa shape index (κ2) is 3.41. The molecule has 0 unspecified atom stereocenters. The molecule has 0 saturated heterocycles. The molecule has 0 heterocycles. The van der Waals surface area contributed by atoms with Gasteiger partial charge >= 0.3 is 0 Å². The highest BCUT2D eigenvalue weighted by Gasteiger charge is 2.03. The molecule has 0 amide bonds. The molecule has 0 N–H and O–H groups in total. The fourth-order valence-electron chi connectivity index (χ4n) is 0.810. The summed E-state index contributed by atoms with van der Waals surface area (Å²) >= 11 is 5.68. The highest BCUT2D eigenvalue weighted by molar-refractivity contribution is 6.22. The van der Waals surface area contributed by atoms with Crippen LogP contribution in [0.1, 0.15) is 16.5 Å². The smallest absolute Gasteiger partial charge is 0.145 e. The van der Waals surface area contributed by atoms with E-state index in [1.807, 2.05) is 37.3 Å². The van der Waals surface area contributed by atoms with Gasteiger partial charge in [0, 0.05) is 0 Å². The first-order valence-electron chi connectivity index (χ1n) is 3.34. The summed E-state index contributed by atoms with van der Waals surface area (Å²) in [5.74, 6) is 0. The lowest BCUT2D eigenvalue weighted by Gasteiger charge is -1.99. The van der Waals surface area contributed by atoms with Gasteiger partial charge in [-0.3, -0.25) is 0 Å². The van der Waals surface area contributed by atoms with Gasteiger partial charge in [0.1, 0.15) is 5.38 Å². The molecule has 1 rings (SSSR count). The molecule has 0 saturated carbocycles. The molecule has 56 valence electrons. The molecule has 1 aromatic carbocycles. The van der Waals surface area contributed by atoms with E-state index in [0.29, 0.717) is 0 Å². The first-order valence-corrected chi connectivity index (χ1v) is 3.78. The Morgan fingerprint density at radius 2 is 1.91 bits per heavy atom. The minimum atomic E-state index is -0.518. The van der Waals surface area contributed by atoms with E-state index in [4.69, 9.17) is 16.9 Å². The molecule has 0 spiro atoms. The van der Waals surface area contributed by atoms with Gasteiger partial charge < -0.3 is 0 Å². The SMILES string of the molecule is Cc1ccc([C@H](Cl)C#N)cc1. The van der Waals surface area contributed by atoms with Crippen molar-refractivity contribution in [3.63, 3.8) is 0 Å². The van der Waals surface area contributed by atoms with Crippen LogP contribution in [0.15, 0.2) is 24.3 Å². The number of halogens is 1. The van der Waals surface area contributed by atoms with Gasteiger partial charge in [-0.1, -0.05) is 29.8 Å². The number of hydrogen-bond acceptors (Lipinski definition) is 1. The van der Waals surface area contributed by atoms with Crippen LogP contribution < -0.4 is 0 Å². The number of hydrogen-bond donors (Lipinski definition) is 0. The molecule has 0 aliphatic carbocycles. The molecule has 1 nitrogen and oxygen atoms in total. The summed E-state index contributed by atoms with van der Waals surface area (Å²) in [6.45, 7) is 2.00. The van der Waals surface area contributed by atoms with E-state index < -0.39 is 5.38 Å². The van der Waals surface area contributed by atoms with Crippen LogP contribution in [0.2, 0.25) is 0 Å². The Balaban J connectivity index is 2.92. The van der Waals surface area contributed by atoms with Crippen LogP contribution in [0.5, 0.6) is 0 Å². The third kappa shape index (κ3) is 1.96. The molecule has 0 aliphatic rings. The van der Waals surface area contributed by atoms with Gasteiger partial charge in [0.25, 0.3) is 0 Å². The molecule has 2 heteroatoms. The first-order chi connectivity index (χ1) is 5.24. The Labute approximate surface area is 71.2 Å². The van der Waals surface area contributed by atoms with Crippen LogP contribution in [0, 0.1) is 18.3 Å². The largest absolute Gasteiger partial charge is 0.196 e. The topological polar surface area (TPSA) is 23.8 Å². The summed E-state index contributed by atoms with van der Waals surface area (Å²) in [6, 6.07) is 9.60. The molecule has 1 atom stereocenters. The van der Waals surface area contributed by atoms with E-state index in [1.54, 1.807) is 0 Å². The monoisotopic (exact) mass is 165 g/mol. The van der Waals surface area contributed by atoms with Gasteiger partial charge in [0.2, 0.25) is 0 Å². The molecule has 0 fully saturated rings. The number of nitrogens with zero attached hydrogens (tertiary/aromatic N) is 1. The van der Waals surface area contributed by atoms with Crippen molar-refractivity contribution in [1.82, 2.24) is 0 Å². The minimum Gasteiger partial charge on any atom is -0.196 e. The molecule has 0 bridgehead atoms. The van der Waals surface area contributed by atoms with Gasteiger partial charge in [0.15, 0.2) is 0 Å². The number of aryl methyl sites for hydroxylation is 1. The number of nitriles is 1. The fraction of sp³-hybridized carbons (Fsp3) is 0.222. The molecule has 0 aromatic heterocycles. The summed E-state index contributed by atoms with van der Waals surface area (Å²) in [4.78, 5) is 0. The van der Waals surface area contributed by atoms with E-state index in [-0.39, 0.29) is 0 Å². The van der Waals surface area contributed by atoms with E-state index in [1.165, 1.54) is 5.56 Å². The predicted molar refractivity (Wildman–Crippen MR) is 45.4 cm³/mol. The summed E-state index contributed by atoms with van der Waals surface area (Å²) in [5.41, 5.74) is 2.04. The van der Waals surface area contributed by atoms with Gasteiger partial charge in [-0.15, -0.1) is 11.6 Å². The standard InChI is InChI=1S/C9H8ClN/c1-7-2-4-8(5-3-7)9(10)6-11/h2-5,9H,1H3/t9-/m1/s1. The maximum Gasteiger partial charge on any atom is 0.145 e. The van der Waals surface area contributed by atoms with Gasteiger partial charge in [0.05, 0.1) is 6.07 Å². The summed E-state index contributed by atoms with van der Waals surface area (Å²) < 4.78 is 0. The molecular formula is C9H8ClN. The Morgan fingerprint density at radius 3 is 2.36 bits per heavy atom. The second-order valence-corrected chi connectivity index (χ2v) is 2.84. The van der Waals surface area contributed by atoms with Gasteiger partial charge in [-0.25, -0.2) is 0 Å². The van der Waals surface area contributed by atoms with E-state index in [2.05, 4.69) is 0 Å². The Bertz CT molecular complexity index is 271. The fourth-order valence-corrected chi connectivity index (χ4v) is 0.955. The molecule has 0 radical (unpaired) electrons. The van der Waals surface area contributed by atoms with Crippen molar-refractivity contribution in [2.24, 2.45) is 0 Å². The van der Waals surface area contributed by atoms with Crippen LogP contribution in [-0.2, 0) is 0 Å². The van der Waals surface area contributed by atoms with Crippen molar-refractivity contribution < 1.29 is 0 Å². The lowest BCUT2D eigenvalue weighted by Crippen LogP contribution is -1.85. The average Bonchev–Trinajstić information content (AvgIpc) is 2.05.